The lowest BCUT2D eigenvalue weighted by molar-refractivity contribution is -0.118. The van der Waals surface area contributed by atoms with Crippen molar-refractivity contribution in [2.24, 2.45) is 10.1 Å². The largest absolute Gasteiger partial charge is 0.497 e. The number of thiazole rings is 1. The summed E-state index contributed by atoms with van der Waals surface area (Å²) in [6, 6.07) is 19.2. The first-order valence-electron chi connectivity index (χ1n) is 10.4. The summed E-state index contributed by atoms with van der Waals surface area (Å²) in [5.41, 5.74) is 3.18. The predicted molar refractivity (Wildman–Crippen MR) is 129 cm³/mol. The number of anilines is 1. The lowest BCUT2D eigenvalue weighted by Crippen LogP contribution is -2.25. The van der Waals surface area contributed by atoms with Gasteiger partial charge in [0.15, 0.2) is 6.61 Å². The van der Waals surface area contributed by atoms with Gasteiger partial charge in [0.25, 0.3) is 5.91 Å². The molecule has 1 aliphatic rings. The van der Waals surface area contributed by atoms with Crippen molar-refractivity contribution >= 4 is 34.8 Å². The zero-order valence-electron chi connectivity index (χ0n) is 18.1. The molecule has 0 atom stereocenters. The molecule has 5 rings (SSSR count). The maximum Gasteiger partial charge on any atom is 0.262 e. The minimum Gasteiger partial charge on any atom is -0.497 e. The Kier molecular flexibility index (Phi) is 5.92. The number of methoxy groups -OCH3 is 1. The quantitative estimate of drug-likeness (QED) is 0.422. The van der Waals surface area contributed by atoms with Crippen molar-refractivity contribution in [3.8, 4) is 22.8 Å². The summed E-state index contributed by atoms with van der Waals surface area (Å²) in [5.74, 6) is 0.749. The van der Waals surface area contributed by atoms with Crippen molar-refractivity contribution in [1.29, 1.82) is 0 Å². The molecule has 1 aromatic heterocycles. The van der Waals surface area contributed by atoms with Crippen molar-refractivity contribution < 1.29 is 18.7 Å². The van der Waals surface area contributed by atoms with Gasteiger partial charge in [-0.2, -0.15) is 5.10 Å². The molecule has 1 N–H and O–H groups in total. The Balaban J connectivity index is 1.62. The van der Waals surface area contributed by atoms with Crippen LogP contribution in [-0.4, -0.2) is 30.5 Å². The van der Waals surface area contributed by atoms with Crippen LogP contribution in [0, 0.1) is 5.82 Å². The third kappa shape index (κ3) is 4.46. The number of carbonyl (C=O) groups is 1. The topological polar surface area (TPSA) is 77.2 Å². The van der Waals surface area contributed by atoms with Crippen LogP contribution in [0.1, 0.15) is 5.56 Å². The fourth-order valence-electron chi connectivity index (χ4n) is 3.40. The third-order valence-electron chi connectivity index (χ3n) is 5.11. The molecule has 0 fully saturated rings. The van der Waals surface area contributed by atoms with E-state index in [1.807, 2.05) is 41.8 Å². The Bertz CT molecular complexity index is 1460. The highest BCUT2D eigenvalue weighted by molar-refractivity contribution is 7.07. The summed E-state index contributed by atoms with van der Waals surface area (Å²) in [6.45, 7) is -0.0113. The molecule has 2 heterocycles. The van der Waals surface area contributed by atoms with Crippen LogP contribution >= 0.6 is 11.3 Å². The Hall–Kier alpha value is -4.24. The molecule has 3 aromatic carbocycles. The number of ether oxygens (including phenoxy) is 2. The molecule has 0 saturated heterocycles. The fourth-order valence-corrected chi connectivity index (χ4v) is 4.25. The molecule has 4 aromatic rings. The number of halogens is 1. The van der Waals surface area contributed by atoms with E-state index in [4.69, 9.17) is 14.5 Å². The number of amides is 1. The van der Waals surface area contributed by atoms with Crippen LogP contribution in [0.2, 0.25) is 0 Å². The Labute approximate surface area is 198 Å². The number of nitrogens with zero attached hydrogens (tertiary/aromatic N) is 3. The van der Waals surface area contributed by atoms with Crippen LogP contribution in [0.15, 0.2) is 82.2 Å². The molecule has 9 heteroatoms. The van der Waals surface area contributed by atoms with Crippen molar-refractivity contribution in [3.63, 3.8) is 0 Å². The highest BCUT2D eigenvalue weighted by Gasteiger charge is 2.18. The van der Waals surface area contributed by atoms with Gasteiger partial charge in [-0.1, -0.05) is 18.2 Å². The zero-order valence-corrected chi connectivity index (χ0v) is 18.9. The first-order valence-corrected chi connectivity index (χ1v) is 11.2. The van der Waals surface area contributed by atoms with Gasteiger partial charge in [-0.05, 0) is 48.5 Å². The van der Waals surface area contributed by atoms with Gasteiger partial charge in [0, 0.05) is 16.5 Å². The molecule has 1 aliphatic heterocycles. The maximum absolute atomic E-state index is 14.2. The molecule has 1 amide bonds. The summed E-state index contributed by atoms with van der Waals surface area (Å²) >= 11 is 1.39. The van der Waals surface area contributed by atoms with Crippen LogP contribution in [0.25, 0.3) is 11.3 Å². The summed E-state index contributed by atoms with van der Waals surface area (Å²) in [7, 11) is 1.61. The molecule has 170 valence electrons. The summed E-state index contributed by atoms with van der Waals surface area (Å²) in [4.78, 5) is 17.1. The smallest absolute Gasteiger partial charge is 0.262 e. The first kappa shape index (κ1) is 21.6. The van der Waals surface area contributed by atoms with Crippen LogP contribution in [0.5, 0.6) is 11.5 Å². The van der Waals surface area contributed by atoms with Crippen molar-refractivity contribution in [3.05, 3.63) is 88.3 Å². The van der Waals surface area contributed by atoms with Crippen molar-refractivity contribution in [1.82, 2.24) is 4.68 Å². The minimum absolute atomic E-state index is 0.0113. The minimum atomic E-state index is -0.370. The molecule has 0 radical (unpaired) electrons. The first-order chi connectivity index (χ1) is 16.6. The van der Waals surface area contributed by atoms with Gasteiger partial charge in [0.2, 0.25) is 4.80 Å². The van der Waals surface area contributed by atoms with E-state index in [0.717, 1.165) is 22.7 Å². The second-order valence-electron chi connectivity index (χ2n) is 7.34. The second kappa shape index (κ2) is 9.32. The molecule has 34 heavy (non-hydrogen) atoms. The van der Waals surface area contributed by atoms with Crippen LogP contribution in [0.3, 0.4) is 0 Å². The van der Waals surface area contributed by atoms with Gasteiger partial charge in [-0.25, -0.2) is 14.1 Å². The molecule has 0 bridgehead atoms. The second-order valence-corrected chi connectivity index (χ2v) is 8.18. The molecule has 0 spiro atoms. The lowest BCUT2D eigenvalue weighted by Gasteiger charge is -2.18. The maximum atomic E-state index is 14.2. The van der Waals surface area contributed by atoms with Crippen LogP contribution in [-0.2, 0) is 4.79 Å². The number of nitrogens with one attached hydrogen (secondary N) is 1. The summed E-state index contributed by atoms with van der Waals surface area (Å²) in [5, 5.41) is 9.29. The molecular weight excluding hydrogens is 455 g/mol. The lowest BCUT2D eigenvalue weighted by atomic mass is 10.1. The SMILES string of the molecule is COc1ccc(N=c2scc(-c3ccc4c(c3)NC(=O)CO4)n2/N=C\c2ccccc2F)cc1. The van der Waals surface area contributed by atoms with Crippen LogP contribution in [0.4, 0.5) is 15.8 Å². The van der Waals surface area contributed by atoms with E-state index in [9.17, 15) is 9.18 Å². The Morgan fingerprint density at radius 3 is 2.76 bits per heavy atom. The van der Waals surface area contributed by atoms with Gasteiger partial charge >= 0.3 is 0 Å². The Morgan fingerprint density at radius 1 is 1.15 bits per heavy atom. The van der Waals surface area contributed by atoms with E-state index in [1.54, 1.807) is 36.1 Å². The molecule has 7 nitrogen and oxygen atoms in total. The summed E-state index contributed by atoms with van der Waals surface area (Å²) < 4.78 is 26.5. The number of fused-ring (bicyclic) bond motifs is 1. The molecule has 0 aliphatic carbocycles. The predicted octanol–water partition coefficient (Wildman–Crippen LogP) is 4.81. The number of aromatic nitrogens is 1. The average molecular weight is 475 g/mol. The van der Waals surface area contributed by atoms with Gasteiger partial charge < -0.3 is 14.8 Å². The van der Waals surface area contributed by atoms with Gasteiger partial charge in [0.05, 0.1) is 30.4 Å². The Morgan fingerprint density at radius 2 is 1.97 bits per heavy atom. The monoisotopic (exact) mass is 474 g/mol. The average Bonchev–Trinajstić information content (AvgIpc) is 3.25. The van der Waals surface area contributed by atoms with E-state index >= 15 is 0 Å². The highest BCUT2D eigenvalue weighted by Crippen LogP contribution is 2.33. The van der Waals surface area contributed by atoms with Gasteiger partial charge in [-0.15, -0.1) is 11.3 Å². The van der Waals surface area contributed by atoms with E-state index in [0.29, 0.717) is 21.8 Å². The van der Waals surface area contributed by atoms with Crippen LogP contribution < -0.4 is 19.6 Å². The standard InChI is InChI=1S/C25H19FN4O3S/c1-32-19-9-7-18(8-10-19)28-25-30(27-13-17-4-2-3-5-20(17)26)22(15-34-25)16-6-11-23-21(12-16)29-24(31)14-33-23/h2-13,15H,14H2,1H3,(H,29,31)/b27-13-,28-25?. The van der Waals surface area contributed by atoms with Crippen molar-refractivity contribution in [2.45, 2.75) is 0 Å². The van der Waals surface area contributed by atoms with E-state index in [2.05, 4.69) is 10.4 Å². The number of hydrogen-bond donors (Lipinski definition) is 1. The number of benzene rings is 3. The van der Waals surface area contributed by atoms with Gasteiger partial charge in [0.1, 0.15) is 17.3 Å². The zero-order chi connectivity index (χ0) is 23.5. The molecule has 0 saturated carbocycles. The van der Waals surface area contributed by atoms with Crippen molar-refractivity contribution in [2.75, 3.05) is 19.0 Å². The molecular formula is C25H19FN4O3S. The summed E-state index contributed by atoms with van der Waals surface area (Å²) in [6.07, 6.45) is 1.46. The van der Waals surface area contributed by atoms with E-state index in [1.165, 1.54) is 23.6 Å². The molecule has 0 unspecified atom stereocenters. The number of rotatable bonds is 5. The number of carbonyl (C=O) groups excluding carboxylic acids is 1. The van der Waals surface area contributed by atoms with E-state index < -0.39 is 0 Å². The highest BCUT2D eigenvalue weighted by atomic mass is 32.1. The third-order valence-corrected chi connectivity index (χ3v) is 5.92. The fraction of sp³-hybridized carbons (Fsp3) is 0.0800. The normalized spacial score (nSPS) is 13.5. The van der Waals surface area contributed by atoms with Gasteiger partial charge in [-0.3, -0.25) is 4.79 Å². The number of hydrogen-bond acceptors (Lipinski definition) is 6. The van der Waals surface area contributed by atoms with E-state index in [-0.39, 0.29) is 18.3 Å².